The number of non-ortho nitro benzene ring substituents is 1. The Morgan fingerprint density at radius 1 is 1.48 bits per heavy atom. The number of pyridine rings is 1. The summed E-state index contributed by atoms with van der Waals surface area (Å²) in [6, 6.07) is 6.82. The highest BCUT2D eigenvalue weighted by atomic mass is 35.5. The average Bonchev–Trinajstić information content (AvgIpc) is 2.49. The number of oxime groups is 1. The van der Waals surface area contributed by atoms with Crippen molar-refractivity contribution in [2.24, 2.45) is 10.9 Å². The minimum absolute atomic E-state index is 0.00944. The lowest BCUT2D eigenvalue weighted by Crippen LogP contribution is -2.14. The smallest absolute Gasteiger partial charge is 0.273 e. The maximum absolute atomic E-state index is 10.8. The van der Waals surface area contributed by atoms with E-state index in [0.717, 1.165) is 6.07 Å². The van der Waals surface area contributed by atoms with E-state index in [1.54, 1.807) is 6.07 Å². The molecule has 3 N–H and O–H groups in total. The summed E-state index contributed by atoms with van der Waals surface area (Å²) in [6.07, 6.45) is 1.43. The second kappa shape index (κ2) is 6.06. The van der Waals surface area contributed by atoms with Gasteiger partial charge in [0.2, 0.25) is 5.88 Å². The van der Waals surface area contributed by atoms with Crippen LogP contribution in [-0.2, 0) is 0 Å². The van der Waals surface area contributed by atoms with Crippen LogP contribution in [0.1, 0.15) is 5.56 Å². The molecule has 0 fully saturated rings. The number of ether oxygens (including phenoxy) is 1. The molecule has 2 aromatic rings. The predicted octanol–water partition coefficient (Wildman–Crippen LogP) is 2.53. The topological polar surface area (TPSA) is 124 Å². The number of nitro benzene ring substituents is 1. The molecule has 21 heavy (non-hydrogen) atoms. The molecule has 0 unspecified atom stereocenters. The molecule has 0 atom stereocenters. The normalized spacial score (nSPS) is 11.2. The number of nitro groups is 1. The van der Waals surface area contributed by atoms with Crippen molar-refractivity contribution >= 4 is 23.1 Å². The Hall–Kier alpha value is -2.87. The zero-order chi connectivity index (χ0) is 15.4. The summed E-state index contributed by atoms with van der Waals surface area (Å²) < 4.78 is 5.43. The van der Waals surface area contributed by atoms with Gasteiger partial charge in [0.05, 0.1) is 21.6 Å². The standard InChI is InChI=1S/C12H9ClN4O4/c13-9-4-3-7(17(19)20)6-10(9)21-12-8(11(14)16-18)2-1-5-15-12/h1-6,18H,(H2,14,16). The molecule has 0 saturated heterocycles. The Kier molecular flexibility index (Phi) is 4.19. The molecule has 1 heterocycles. The van der Waals surface area contributed by atoms with Crippen molar-refractivity contribution in [3.05, 3.63) is 57.2 Å². The van der Waals surface area contributed by atoms with Crippen LogP contribution in [0.15, 0.2) is 41.7 Å². The van der Waals surface area contributed by atoms with Crippen LogP contribution < -0.4 is 10.5 Å². The molecule has 8 nitrogen and oxygen atoms in total. The summed E-state index contributed by atoms with van der Waals surface area (Å²) >= 11 is 5.93. The molecule has 0 aliphatic rings. The molecule has 0 radical (unpaired) electrons. The van der Waals surface area contributed by atoms with Gasteiger partial charge in [0.25, 0.3) is 5.69 Å². The van der Waals surface area contributed by atoms with Gasteiger partial charge in [-0.05, 0) is 18.2 Å². The van der Waals surface area contributed by atoms with Crippen molar-refractivity contribution in [2.45, 2.75) is 0 Å². The Balaban J connectivity index is 2.43. The summed E-state index contributed by atoms with van der Waals surface area (Å²) in [5.41, 5.74) is 5.54. The third kappa shape index (κ3) is 3.18. The fourth-order valence-corrected chi connectivity index (χ4v) is 1.67. The van der Waals surface area contributed by atoms with Crippen LogP contribution in [0.2, 0.25) is 5.02 Å². The Morgan fingerprint density at radius 2 is 2.24 bits per heavy atom. The van der Waals surface area contributed by atoms with Crippen LogP contribution >= 0.6 is 11.6 Å². The number of hydrogen-bond acceptors (Lipinski definition) is 6. The monoisotopic (exact) mass is 308 g/mol. The molecule has 0 spiro atoms. The van der Waals surface area contributed by atoms with E-state index in [1.165, 1.54) is 24.4 Å². The average molecular weight is 309 g/mol. The van der Waals surface area contributed by atoms with Gasteiger partial charge in [-0.25, -0.2) is 4.98 Å². The zero-order valence-corrected chi connectivity index (χ0v) is 11.2. The first-order valence-corrected chi connectivity index (χ1v) is 5.95. The predicted molar refractivity (Wildman–Crippen MR) is 74.9 cm³/mol. The van der Waals surface area contributed by atoms with Crippen molar-refractivity contribution in [3.63, 3.8) is 0 Å². The lowest BCUT2D eigenvalue weighted by Gasteiger charge is -2.09. The van der Waals surface area contributed by atoms with Gasteiger partial charge in [-0.2, -0.15) is 0 Å². The first-order chi connectivity index (χ1) is 10.0. The van der Waals surface area contributed by atoms with Gasteiger partial charge in [-0.15, -0.1) is 0 Å². The lowest BCUT2D eigenvalue weighted by molar-refractivity contribution is -0.384. The molecule has 0 bridgehead atoms. The molecular formula is C12H9ClN4O4. The molecule has 108 valence electrons. The van der Waals surface area contributed by atoms with E-state index in [9.17, 15) is 10.1 Å². The third-order valence-electron chi connectivity index (χ3n) is 2.49. The van der Waals surface area contributed by atoms with Crippen LogP contribution in [0, 0.1) is 10.1 Å². The molecule has 1 aromatic heterocycles. The maximum Gasteiger partial charge on any atom is 0.273 e. The highest BCUT2D eigenvalue weighted by molar-refractivity contribution is 6.32. The van der Waals surface area contributed by atoms with Crippen molar-refractivity contribution in [1.29, 1.82) is 0 Å². The molecule has 0 saturated carbocycles. The van der Waals surface area contributed by atoms with Crippen molar-refractivity contribution in [2.75, 3.05) is 0 Å². The quantitative estimate of drug-likeness (QED) is 0.294. The summed E-state index contributed by atoms with van der Waals surface area (Å²) in [5.74, 6) is -0.161. The first-order valence-electron chi connectivity index (χ1n) is 5.57. The summed E-state index contributed by atoms with van der Waals surface area (Å²) in [4.78, 5) is 14.1. The second-order valence-corrected chi connectivity index (χ2v) is 4.22. The van der Waals surface area contributed by atoms with Crippen LogP contribution in [-0.4, -0.2) is 21.0 Å². The number of amidine groups is 1. The second-order valence-electron chi connectivity index (χ2n) is 3.82. The minimum Gasteiger partial charge on any atom is -0.436 e. The van der Waals surface area contributed by atoms with E-state index in [-0.39, 0.29) is 33.7 Å². The van der Waals surface area contributed by atoms with Crippen LogP contribution in [0.25, 0.3) is 0 Å². The van der Waals surface area contributed by atoms with Gasteiger partial charge in [0.15, 0.2) is 11.6 Å². The van der Waals surface area contributed by atoms with E-state index in [4.69, 9.17) is 27.3 Å². The van der Waals surface area contributed by atoms with Gasteiger partial charge >= 0.3 is 0 Å². The molecular weight excluding hydrogens is 300 g/mol. The van der Waals surface area contributed by atoms with Gasteiger partial charge in [-0.3, -0.25) is 10.1 Å². The number of rotatable bonds is 4. The van der Waals surface area contributed by atoms with Crippen molar-refractivity contribution in [3.8, 4) is 11.6 Å². The Morgan fingerprint density at radius 3 is 2.90 bits per heavy atom. The maximum atomic E-state index is 10.8. The van der Waals surface area contributed by atoms with Gasteiger partial charge in [0.1, 0.15) is 0 Å². The molecule has 9 heteroatoms. The highest BCUT2D eigenvalue weighted by Crippen LogP contribution is 2.33. The minimum atomic E-state index is -0.577. The number of aromatic nitrogens is 1. The number of nitrogens with two attached hydrogens (primary N) is 1. The fourth-order valence-electron chi connectivity index (χ4n) is 1.51. The van der Waals surface area contributed by atoms with Gasteiger partial charge in [-0.1, -0.05) is 16.8 Å². The van der Waals surface area contributed by atoms with Crippen LogP contribution in [0.3, 0.4) is 0 Å². The summed E-state index contributed by atoms with van der Waals surface area (Å²) in [6.45, 7) is 0. The van der Waals surface area contributed by atoms with E-state index >= 15 is 0 Å². The van der Waals surface area contributed by atoms with Gasteiger partial charge < -0.3 is 15.7 Å². The third-order valence-corrected chi connectivity index (χ3v) is 2.80. The SMILES string of the molecule is NC(=NO)c1cccnc1Oc1cc([N+](=O)[O-])ccc1Cl. The Labute approximate surface area is 123 Å². The Bertz CT molecular complexity index is 720. The zero-order valence-electron chi connectivity index (χ0n) is 10.4. The van der Waals surface area contributed by atoms with E-state index in [2.05, 4.69) is 10.1 Å². The molecule has 0 amide bonds. The summed E-state index contributed by atoms with van der Waals surface area (Å²) in [7, 11) is 0. The number of benzene rings is 1. The fraction of sp³-hybridized carbons (Fsp3) is 0. The van der Waals surface area contributed by atoms with E-state index in [1.807, 2.05) is 0 Å². The van der Waals surface area contributed by atoms with Crippen molar-refractivity contribution in [1.82, 2.24) is 4.98 Å². The van der Waals surface area contributed by atoms with E-state index in [0.29, 0.717) is 0 Å². The number of nitrogens with zero attached hydrogens (tertiary/aromatic N) is 3. The largest absolute Gasteiger partial charge is 0.436 e. The van der Waals surface area contributed by atoms with Crippen LogP contribution in [0.5, 0.6) is 11.6 Å². The summed E-state index contributed by atoms with van der Waals surface area (Å²) in [5, 5.41) is 22.5. The van der Waals surface area contributed by atoms with E-state index < -0.39 is 4.92 Å². The van der Waals surface area contributed by atoms with Crippen LogP contribution in [0.4, 0.5) is 5.69 Å². The number of halogens is 1. The molecule has 2 rings (SSSR count). The first kappa shape index (κ1) is 14.5. The highest BCUT2D eigenvalue weighted by Gasteiger charge is 2.15. The molecule has 1 aromatic carbocycles. The number of hydrogen-bond donors (Lipinski definition) is 2. The van der Waals surface area contributed by atoms with Gasteiger partial charge in [0, 0.05) is 12.3 Å². The molecule has 0 aliphatic heterocycles. The molecule has 0 aliphatic carbocycles. The lowest BCUT2D eigenvalue weighted by atomic mass is 10.2. The van der Waals surface area contributed by atoms with Crippen molar-refractivity contribution < 1.29 is 14.9 Å².